The molecule has 2 aromatic rings. The van der Waals surface area contributed by atoms with E-state index in [1.807, 2.05) is 6.07 Å². The van der Waals surface area contributed by atoms with Crippen molar-refractivity contribution in [2.45, 2.75) is 23.8 Å². The van der Waals surface area contributed by atoms with Crippen LogP contribution in [0, 0.1) is 0 Å². The lowest BCUT2D eigenvalue weighted by Crippen LogP contribution is -2.46. The van der Waals surface area contributed by atoms with E-state index < -0.39 is 20.7 Å². The number of benzene rings is 2. The maximum atomic E-state index is 13.1. The number of aromatic hydroxyl groups is 1. The van der Waals surface area contributed by atoms with Crippen molar-refractivity contribution in [3.05, 3.63) is 47.5 Å². The monoisotopic (exact) mass is 470 g/mol. The molecule has 1 heterocycles. The smallest absolute Gasteiger partial charge is 0.258 e. The molecule has 1 aliphatic heterocycles. The highest BCUT2D eigenvalue weighted by Gasteiger charge is 2.33. The van der Waals surface area contributed by atoms with Crippen LogP contribution in [0.3, 0.4) is 0 Å². The van der Waals surface area contributed by atoms with Gasteiger partial charge < -0.3 is 15.6 Å². The van der Waals surface area contributed by atoms with Crippen LogP contribution in [0.25, 0.3) is 0 Å². The Morgan fingerprint density at radius 1 is 1.37 bits per heavy atom. The molecular weight excluding hydrogens is 448 g/mol. The second-order valence-electron chi connectivity index (χ2n) is 6.79. The lowest BCUT2D eigenvalue weighted by Gasteiger charge is -2.27. The van der Waals surface area contributed by atoms with Gasteiger partial charge in [0.25, 0.3) is 10.0 Å². The molecule has 1 atom stereocenters. The molecule has 0 amide bonds. The molecule has 8 nitrogen and oxygen atoms in total. The number of rotatable bonds is 7. The van der Waals surface area contributed by atoms with E-state index in [-0.39, 0.29) is 21.9 Å². The lowest BCUT2D eigenvalue weighted by atomic mass is 10.2. The molecular formula is C19H23ClN4O4S2. The standard InChI is InChI=1S/C19H23ClN4O4S2/c1-28-12-14-8-5-11-23(14)22-30(26,27)18-15(20)9-10-16(17(18)25)24(19(21)29)13-6-3-2-4-7-13/h2-4,6-7,9-10,14,22,25H,5,8,11-12H2,1H3,(H2,21,29)/t14-/m0/s1. The molecule has 0 radical (unpaired) electrons. The number of phenols is 1. The third-order valence-corrected chi connectivity index (χ3v) is 6.82. The Kier molecular flexibility index (Phi) is 7.17. The van der Waals surface area contributed by atoms with Crippen LogP contribution in [0.1, 0.15) is 12.8 Å². The van der Waals surface area contributed by atoms with Crippen molar-refractivity contribution in [2.75, 3.05) is 25.2 Å². The van der Waals surface area contributed by atoms with Crippen LogP contribution in [0.4, 0.5) is 11.4 Å². The Morgan fingerprint density at radius 3 is 2.70 bits per heavy atom. The van der Waals surface area contributed by atoms with Crippen LogP contribution in [0.2, 0.25) is 5.02 Å². The number of ether oxygens (including phenoxy) is 1. The van der Waals surface area contributed by atoms with Crippen LogP contribution >= 0.6 is 23.8 Å². The molecule has 2 aromatic carbocycles. The summed E-state index contributed by atoms with van der Waals surface area (Å²) in [4.78, 5) is 3.46. The molecule has 0 saturated carbocycles. The van der Waals surface area contributed by atoms with E-state index in [0.717, 1.165) is 12.8 Å². The molecule has 1 aliphatic rings. The van der Waals surface area contributed by atoms with Crippen molar-refractivity contribution in [3.8, 4) is 5.75 Å². The van der Waals surface area contributed by atoms with Crippen LogP contribution in [-0.2, 0) is 14.8 Å². The Balaban J connectivity index is 2.03. The summed E-state index contributed by atoms with van der Waals surface area (Å²) < 4.78 is 31.4. The Bertz CT molecular complexity index is 1020. The average molecular weight is 471 g/mol. The summed E-state index contributed by atoms with van der Waals surface area (Å²) in [6.45, 7) is 0.903. The fourth-order valence-electron chi connectivity index (χ4n) is 3.46. The van der Waals surface area contributed by atoms with Gasteiger partial charge >= 0.3 is 0 Å². The first-order chi connectivity index (χ1) is 14.3. The minimum absolute atomic E-state index is 0.0603. The number of thiocarbonyl (C=S) groups is 1. The first kappa shape index (κ1) is 22.7. The summed E-state index contributed by atoms with van der Waals surface area (Å²) in [5.41, 5.74) is 6.55. The first-order valence-corrected chi connectivity index (χ1v) is 11.5. The fourth-order valence-corrected chi connectivity index (χ4v) is 5.44. The predicted molar refractivity (Wildman–Crippen MR) is 120 cm³/mol. The van der Waals surface area contributed by atoms with E-state index in [9.17, 15) is 13.5 Å². The predicted octanol–water partition coefficient (Wildman–Crippen LogP) is 2.73. The summed E-state index contributed by atoms with van der Waals surface area (Å²) >= 11 is 11.3. The molecule has 0 aromatic heterocycles. The van der Waals surface area contributed by atoms with Gasteiger partial charge in [0.1, 0.15) is 4.90 Å². The topological polar surface area (TPSA) is 108 Å². The quantitative estimate of drug-likeness (QED) is 0.530. The van der Waals surface area contributed by atoms with Crippen LogP contribution < -0.4 is 15.5 Å². The first-order valence-electron chi connectivity index (χ1n) is 9.20. The van der Waals surface area contributed by atoms with Gasteiger partial charge in [-0.1, -0.05) is 29.8 Å². The average Bonchev–Trinajstić information content (AvgIpc) is 3.10. The summed E-state index contributed by atoms with van der Waals surface area (Å²) in [5.74, 6) is -0.547. The molecule has 0 spiro atoms. The molecule has 0 unspecified atom stereocenters. The zero-order chi connectivity index (χ0) is 21.9. The van der Waals surface area contributed by atoms with E-state index in [0.29, 0.717) is 18.8 Å². The van der Waals surface area contributed by atoms with Gasteiger partial charge in [0.05, 0.1) is 17.3 Å². The number of nitrogens with two attached hydrogens (primary N) is 1. The van der Waals surface area contributed by atoms with Gasteiger partial charge in [-0.15, -0.1) is 4.83 Å². The third-order valence-electron chi connectivity index (χ3n) is 4.78. The summed E-state index contributed by atoms with van der Waals surface area (Å²) in [5, 5.41) is 12.3. The van der Waals surface area contributed by atoms with Crippen molar-refractivity contribution in [3.63, 3.8) is 0 Å². The van der Waals surface area contributed by atoms with Crippen LogP contribution in [0.5, 0.6) is 5.75 Å². The highest BCUT2D eigenvalue weighted by Crippen LogP contribution is 2.41. The van der Waals surface area contributed by atoms with Gasteiger partial charge in [-0.05, 0) is 49.3 Å². The molecule has 30 heavy (non-hydrogen) atoms. The third kappa shape index (κ3) is 4.69. The molecule has 1 fully saturated rings. The van der Waals surface area contributed by atoms with Crippen molar-refractivity contribution in [1.82, 2.24) is 9.84 Å². The Hall–Kier alpha value is -1.95. The molecule has 0 aliphatic carbocycles. The van der Waals surface area contributed by atoms with Gasteiger partial charge in [0, 0.05) is 25.4 Å². The SMILES string of the molecule is COC[C@@H]1CCCN1NS(=O)(=O)c1c(Cl)ccc(N(C(N)=S)c2ccccc2)c1O. The largest absolute Gasteiger partial charge is 0.504 e. The summed E-state index contributed by atoms with van der Waals surface area (Å²) in [6.07, 6.45) is 1.61. The maximum absolute atomic E-state index is 13.1. The second kappa shape index (κ2) is 9.46. The Labute approximate surface area is 186 Å². The van der Waals surface area contributed by atoms with Gasteiger partial charge in [-0.2, -0.15) is 0 Å². The highest BCUT2D eigenvalue weighted by atomic mass is 35.5. The number of phenolic OH excluding ortho intramolecular Hbond substituents is 1. The number of nitrogens with zero attached hydrogens (tertiary/aromatic N) is 2. The minimum Gasteiger partial charge on any atom is -0.504 e. The highest BCUT2D eigenvalue weighted by molar-refractivity contribution is 7.89. The normalized spacial score (nSPS) is 17.2. The number of sulfonamides is 1. The molecule has 3 rings (SSSR count). The zero-order valence-electron chi connectivity index (χ0n) is 16.3. The number of nitrogens with one attached hydrogen (secondary N) is 1. The molecule has 162 valence electrons. The molecule has 11 heteroatoms. The zero-order valence-corrected chi connectivity index (χ0v) is 18.7. The van der Waals surface area contributed by atoms with Crippen LogP contribution in [-0.4, -0.2) is 49.9 Å². The van der Waals surface area contributed by atoms with Gasteiger partial charge in [-0.25, -0.2) is 13.4 Å². The molecule has 0 bridgehead atoms. The number of anilines is 2. The number of para-hydroxylation sites is 1. The summed E-state index contributed by atoms with van der Waals surface area (Å²) in [6, 6.07) is 11.6. The van der Waals surface area contributed by atoms with Crippen molar-refractivity contribution < 1.29 is 18.3 Å². The maximum Gasteiger partial charge on any atom is 0.258 e. The second-order valence-corrected chi connectivity index (χ2v) is 9.22. The Morgan fingerprint density at radius 2 is 2.07 bits per heavy atom. The minimum atomic E-state index is -4.19. The van der Waals surface area contributed by atoms with E-state index in [1.165, 1.54) is 17.0 Å². The number of hydrogen-bond donors (Lipinski definition) is 3. The van der Waals surface area contributed by atoms with E-state index >= 15 is 0 Å². The van der Waals surface area contributed by atoms with Crippen molar-refractivity contribution in [1.29, 1.82) is 0 Å². The van der Waals surface area contributed by atoms with E-state index in [1.54, 1.807) is 36.4 Å². The van der Waals surface area contributed by atoms with Gasteiger partial charge in [0.2, 0.25) is 0 Å². The summed E-state index contributed by atoms with van der Waals surface area (Å²) in [7, 11) is -2.63. The lowest BCUT2D eigenvalue weighted by molar-refractivity contribution is 0.104. The number of hydrogen-bond acceptors (Lipinski definition) is 6. The van der Waals surface area contributed by atoms with E-state index in [2.05, 4.69) is 4.83 Å². The van der Waals surface area contributed by atoms with Gasteiger partial charge in [-0.3, -0.25) is 4.90 Å². The van der Waals surface area contributed by atoms with Crippen LogP contribution in [0.15, 0.2) is 47.4 Å². The number of methoxy groups -OCH3 is 1. The molecule has 4 N–H and O–H groups in total. The number of hydrazine groups is 1. The van der Waals surface area contributed by atoms with Gasteiger partial charge in [0.15, 0.2) is 10.9 Å². The van der Waals surface area contributed by atoms with Crippen molar-refractivity contribution >= 4 is 50.3 Å². The fraction of sp³-hybridized carbons (Fsp3) is 0.316. The van der Waals surface area contributed by atoms with Crippen molar-refractivity contribution in [2.24, 2.45) is 5.73 Å². The number of halogens is 1. The molecule has 1 saturated heterocycles. The van der Waals surface area contributed by atoms with E-state index in [4.69, 9.17) is 34.3 Å².